The van der Waals surface area contributed by atoms with Crippen molar-refractivity contribution in [3.8, 4) is 0 Å². The van der Waals surface area contributed by atoms with Gasteiger partial charge in [-0.2, -0.15) is 9.15 Å². The zero-order valence-electron chi connectivity index (χ0n) is 54.1. The maximum atomic E-state index is 2.66. The maximum absolute atomic E-state index is 2.66. The summed E-state index contributed by atoms with van der Waals surface area (Å²) in [5, 5.41) is 10.5. The Morgan fingerprint density at radius 2 is 0.700 bits per heavy atom. The molecule has 0 aliphatic carbocycles. The smallest absolute Gasteiger partial charge is 0.210 e. The van der Waals surface area contributed by atoms with E-state index >= 15 is 0 Å². The molecule has 4 heteroatoms. The predicted octanol–water partition coefficient (Wildman–Crippen LogP) is 20.8. The number of nitrogens with zero attached hydrogens (tertiary/aromatic N) is 4. The van der Waals surface area contributed by atoms with Crippen molar-refractivity contribution in [2.24, 2.45) is 0 Å². The third-order valence-electron chi connectivity index (χ3n) is 21.2. The van der Waals surface area contributed by atoms with Gasteiger partial charge in [0.2, 0.25) is 11.4 Å². The lowest BCUT2D eigenvalue weighted by Crippen LogP contribution is -2.34. The van der Waals surface area contributed by atoms with Gasteiger partial charge >= 0.3 is 0 Å². The number of allylic oxidation sites excluding steroid dienone is 10. The van der Waals surface area contributed by atoms with Gasteiger partial charge in [-0.15, -0.1) is 0 Å². The Labute approximate surface area is 534 Å². The standard InChI is InChI=1S/C86H86N4/c1-9-11-57-89-73-53-49-65-37-21-25-41-69(65)81(73)85(5,59-61-31-15-13-16-32-61)77(89)45-29-43-75-83(3,79-67-39-23-19-35-63(67)47-51-71(79)87(75)7)55-27-28-56-84(4)76(88(8)72-52-48-64-36-20-24-40-68(64)80(72)84)44-30-46-78-86(6,60-62-33-17-14-18-34-62)82-70-42-26-22-38-66(70)50-54-74(82)90(78)58-12-10-2/h13-54H,9-12,55-60H2,1-8H3/q+2/b28-27-. The van der Waals surface area contributed by atoms with Crippen LogP contribution in [0.25, 0.3) is 43.1 Å². The van der Waals surface area contributed by atoms with Gasteiger partial charge < -0.3 is 9.80 Å². The van der Waals surface area contributed by atoms with Crippen LogP contribution in [0.4, 0.5) is 22.7 Å². The van der Waals surface area contributed by atoms with Crippen LogP contribution in [-0.4, -0.2) is 47.8 Å². The van der Waals surface area contributed by atoms with Crippen LogP contribution in [0.15, 0.2) is 266 Å². The van der Waals surface area contributed by atoms with Gasteiger partial charge in [-0.05, 0) is 155 Å². The van der Waals surface area contributed by atoms with Crippen LogP contribution < -0.4 is 9.80 Å². The van der Waals surface area contributed by atoms with E-state index in [1.807, 2.05) is 0 Å². The van der Waals surface area contributed by atoms with Gasteiger partial charge in [0.05, 0.1) is 10.8 Å². The minimum Gasteiger partial charge on any atom is -0.347 e. The summed E-state index contributed by atoms with van der Waals surface area (Å²) in [4.78, 5) is 4.97. The molecule has 14 rings (SSSR count). The normalized spacial score (nSPS) is 22.2. The highest BCUT2D eigenvalue weighted by molar-refractivity contribution is 6.10. The number of hydrogen-bond donors (Lipinski definition) is 0. The lowest BCUT2D eigenvalue weighted by Gasteiger charge is -2.30. The van der Waals surface area contributed by atoms with Crippen molar-refractivity contribution in [3.63, 3.8) is 0 Å². The van der Waals surface area contributed by atoms with Gasteiger partial charge in [-0.3, -0.25) is 0 Å². The molecule has 90 heavy (non-hydrogen) atoms. The molecule has 448 valence electrons. The second-order valence-electron chi connectivity index (χ2n) is 27.0. The largest absolute Gasteiger partial charge is 0.347 e. The zero-order valence-corrected chi connectivity index (χ0v) is 54.1. The highest BCUT2D eigenvalue weighted by atomic mass is 15.2. The van der Waals surface area contributed by atoms with Crippen LogP contribution >= 0.6 is 0 Å². The summed E-state index contributed by atoms with van der Waals surface area (Å²) in [6.45, 7) is 16.6. The SMILES string of the molecule is CCCC[N+]1=C(/C=C/C=C2/N(C)c3ccc4ccccc4c3C2(C)C/C=C\CC2(C)/C(=C\C=C\C3=[N+](CCCC)c4ccc5ccccc5c4C3(C)Cc3ccccc3)N(C)c3ccc4ccccc4c32)C(C)(Cc2ccccc2)c2c1ccc1ccccc21. The lowest BCUT2D eigenvalue weighted by atomic mass is 9.72. The van der Waals surface area contributed by atoms with E-state index in [1.54, 1.807) is 0 Å². The molecule has 0 saturated carbocycles. The summed E-state index contributed by atoms with van der Waals surface area (Å²) in [6, 6.07) is 77.2. The molecule has 0 N–H and O–H groups in total. The topological polar surface area (TPSA) is 12.5 Å². The maximum Gasteiger partial charge on any atom is 0.210 e. The molecule has 0 radical (unpaired) electrons. The van der Waals surface area contributed by atoms with E-state index < -0.39 is 0 Å². The van der Waals surface area contributed by atoms with Gasteiger partial charge in [0.15, 0.2) is 11.4 Å². The van der Waals surface area contributed by atoms with E-state index in [9.17, 15) is 0 Å². The molecule has 10 aromatic rings. The quantitative estimate of drug-likeness (QED) is 0.0627. The number of anilines is 2. The van der Waals surface area contributed by atoms with E-state index in [4.69, 9.17) is 0 Å². The van der Waals surface area contributed by atoms with E-state index in [2.05, 4.69) is 329 Å². The summed E-state index contributed by atoms with van der Waals surface area (Å²) in [7, 11) is 4.58. The third kappa shape index (κ3) is 9.72. The molecule has 4 aliphatic heterocycles. The molecule has 0 saturated heterocycles. The first-order valence-electron chi connectivity index (χ1n) is 33.3. The first-order valence-corrected chi connectivity index (χ1v) is 33.3. The van der Waals surface area contributed by atoms with Gasteiger partial charge in [-0.25, -0.2) is 0 Å². The molecule has 0 bridgehead atoms. The summed E-state index contributed by atoms with van der Waals surface area (Å²) in [5.41, 5.74) is 17.8. The van der Waals surface area contributed by atoms with Gasteiger partial charge in [-0.1, -0.05) is 221 Å². The average molecular weight is 1180 g/mol. The zero-order chi connectivity index (χ0) is 61.8. The van der Waals surface area contributed by atoms with E-state index in [0.717, 1.165) is 64.5 Å². The van der Waals surface area contributed by atoms with Crippen LogP contribution in [-0.2, 0) is 34.5 Å². The molecule has 4 heterocycles. The first kappa shape index (κ1) is 58.6. The van der Waals surface area contributed by atoms with Crippen molar-refractivity contribution in [2.45, 2.75) is 115 Å². The highest BCUT2D eigenvalue weighted by Crippen LogP contribution is 2.55. The molecule has 4 nitrogen and oxygen atoms in total. The number of hydrogen-bond acceptors (Lipinski definition) is 2. The summed E-state index contributed by atoms with van der Waals surface area (Å²) in [6.07, 6.45) is 27.7. The number of rotatable bonds is 18. The predicted molar refractivity (Wildman–Crippen MR) is 385 cm³/mol. The van der Waals surface area contributed by atoms with Crippen molar-refractivity contribution in [3.05, 3.63) is 300 Å². The fourth-order valence-corrected chi connectivity index (χ4v) is 16.9. The summed E-state index contributed by atoms with van der Waals surface area (Å²) >= 11 is 0. The molecule has 10 aromatic carbocycles. The van der Waals surface area contributed by atoms with Crippen molar-refractivity contribution in [1.82, 2.24) is 0 Å². The Bertz CT molecular complexity index is 4370. The molecule has 0 spiro atoms. The Morgan fingerprint density at radius 3 is 1.07 bits per heavy atom. The Kier molecular flexibility index (Phi) is 15.4. The number of unbranched alkanes of at least 4 members (excludes halogenated alkanes) is 2. The highest BCUT2D eigenvalue weighted by Gasteiger charge is 2.51. The van der Waals surface area contributed by atoms with Crippen LogP contribution in [0, 0.1) is 0 Å². The van der Waals surface area contributed by atoms with Crippen LogP contribution in [0.5, 0.6) is 0 Å². The van der Waals surface area contributed by atoms with Crippen LogP contribution in [0.3, 0.4) is 0 Å². The first-order chi connectivity index (χ1) is 43.9. The van der Waals surface area contributed by atoms with Crippen molar-refractivity contribution >= 4 is 77.3 Å². The van der Waals surface area contributed by atoms with E-state index in [1.165, 1.54) is 122 Å². The second-order valence-corrected chi connectivity index (χ2v) is 27.0. The van der Waals surface area contributed by atoms with Crippen molar-refractivity contribution < 1.29 is 9.15 Å². The molecule has 4 atom stereocenters. The van der Waals surface area contributed by atoms with Crippen molar-refractivity contribution in [1.29, 1.82) is 0 Å². The number of benzene rings is 10. The Balaban J connectivity index is 0.854. The molecular formula is C86H86N4+2. The Morgan fingerprint density at radius 1 is 0.367 bits per heavy atom. The minimum atomic E-state index is -0.336. The molecule has 4 aliphatic rings. The average Bonchev–Trinajstić information content (AvgIpc) is 1.60. The molecule has 4 unspecified atom stereocenters. The fourth-order valence-electron chi connectivity index (χ4n) is 16.9. The number of likely N-dealkylation sites (N-methyl/N-ethyl adjacent to an activating group) is 2. The third-order valence-corrected chi connectivity index (χ3v) is 21.2. The van der Waals surface area contributed by atoms with Gasteiger partial charge in [0.25, 0.3) is 0 Å². The molecule has 0 amide bonds. The Hall–Kier alpha value is -9.12. The van der Waals surface area contributed by atoms with Crippen molar-refractivity contribution in [2.75, 3.05) is 37.0 Å². The van der Waals surface area contributed by atoms with Gasteiger partial charge in [0.1, 0.15) is 13.1 Å². The summed E-state index contributed by atoms with van der Waals surface area (Å²) in [5.74, 6) is 0. The van der Waals surface area contributed by atoms with Crippen LogP contribution in [0.2, 0.25) is 0 Å². The minimum absolute atomic E-state index is 0.265. The fraction of sp³-hybridized carbons (Fsp3) is 0.256. The lowest BCUT2D eigenvalue weighted by molar-refractivity contribution is -0.438. The molecule has 0 aromatic heterocycles. The second kappa shape index (κ2) is 23.7. The summed E-state index contributed by atoms with van der Waals surface area (Å²) < 4.78 is 5.32. The molecular weight excluding hydrogens is 1090 g/mol. The van der Waals surface area contributed by atoms with Gasteiger partial charge in [0, 0.05) is 95.9 Å². The van der Waals surface area contributed by atoms with Crippen LogP contribution in [0.1, 0.15) is 113 Å². The van der Waals surface area contributed by atoms with E-state index in [-0.39, 0.29) is 21.7 Å². The van der Waals surface area contributed by atoms with E-state index in [0.29, 0.717) is 0 Å². The number of fused-ring (bicyclic) bond motifs is 12. The monoisotopic (exact) mass is 1170 g/mol. The molecule has 0 fully saturated rings.